The molecule has 0 bridgehead atoms. The van der Waals surface area contributed by atoms with Crippen molar-refractivity contribution in [2.45, 2.75) is 39.3 Å². The summed E-state index contributed by atoms with van der Waals surface area (Å²) >= 11 is 0. The number of hydrogen-bond donors (Lipinski definition) is 1. The summed E-state index contributed by atoms with van der Waals surface area (Å²) in [7, 11) is 0. The third-order valence-corrected chi connectivity index (χ3v) is 5.42. The van der Waals surface area contributed by atoms with Gasteiger partial charge >= 0.3 is 6.18 Å². The molecule has 168 valence electrons. The van der Waals surface area contributed by atoms with E-state index in [4.69, 9.17) is 0 Å². The van der Waals surface area contributed by atoms with Gasteiger partial charge in [-0.25, -0.2) is 13.2 Å². The molecule has 1 N–H and O–H groups in total. The minimum atomic E-state index is -4.69. The molecule has 0 radical (unpaired) electrons. The average molecular weight is 443 g/mol. The van der Waals surface area contributed by atoms with Crippen LogP contribution in [-0.2, 0) is 11.2 Å². The molecule has 2 nitrogen and oxygen atoms in total. The number of alkyl halides is 3. The summed E-state index contributed by atoms with van der Waals surface area (Å²) in [5.41, 5.74) is -2.87. The Morgan fingerprint density at radius 3 is 2.58 bits per heavy atom. The Morgan fingerprint density at radius 1 is 1.32 bits per heavy atom. The Kier molecular flexibility index (Phi) is 7.57. The summed E-state index contributed by atoms with van der Waals surface area (Å²) < 4.78 is 82.7. The summed E-state index contributed by atoms with van der Waals surface area (Å²) in [6, 6.07) is 3.50. The second-order valence-electron chi connectivity index (χ2n) is 7.59. The van der Waals surface area contributed by atoms with Crippen LogP contribution in [0.1, 0.15) is 32.3 Å². The zero-order chi connectivity index (χ0) is 23.4. The number of anilines is 1. The number of carbonyl (C=O) groups is 1. The maximum Gasteiger partial charge on any atom is 0.397 e. The summed E-state index contributed by atoms with van der Waals surface area (Å²) in [6.45, 7) is 5.91. The van der Waals surface area contributed by atoms with E-state index in [0.717, 1.165) is 19.1 Å². The summed E-state index contributed by atoms with van der Waals surface area (Å²) in [6.07, 6.45) is -0.603. The molecule has 2 rings (SSSR count). The topological polar surface area (TPSA) is 29.1 Å². The first-order valence-corrected chi connectivity index (χ1v) is 9.60. The molecule has 0 aromatic heterocycles. The van der Waals surface area contributed by atoms with Crippen molar-refractivity contribution in [1.82, 2.24) is 0 Å². The maximum atomic E-state index is 14.6. The van der Waals surface area contributed by atoms with Crippen molar-refractivity contribution in [3.05, 3.63) is 77.7 Å². The Morgan fingerprint density at radius 2 is 2.00 bits per heavy atom. The predicted molar refractivity (Wildman–Crippen MR) is 108 cm³/mol. The lowest BCUT2D eigenvalue weighted by Crippen LogP contribution is -2.43. The van der Waals surface area contributed by atoms with Crippen molar-refractivity contribution in [1.29, 1.82) is 0 Å². The molecule has 0 fully saturated rings. The lowest BCUT2D eigenvalue weighted by atomic mass is 9.68. The van der Waals surface area contributed by atoms with Gasteiger partial charge in [0.05, 0.1) is 16.8 Å². The second-order valence-corrected chi connectivity index (χ2v) is 7.59. The second kappa shape index (κ2) is 9.58. The zero-order valence-electron chi connectivity index (χ0n) is 17.1. The van der Waals surface area contributed by atoms with Gasteiger partial charge in [-0.1, -0.05) is 24.8 Å². The van der Waals surface area contributed by atoms with Crippen LogP contribution < -0.4 is 5.32 Å². The van der Waals surface area contributed by atoms with Crippen LogP contribution in [0, 0.1) is 17.2 Å². The highest BCUT2D eigenvalue weighted by Gasteiger charge is 2.55. The molecule has 1 amide bonds. The summed E-state index contributed by atoms with van der Waals surface area (Å²) in [4.78, 5) is 12.1. The van der Waals surface area contributed by atoms with Crippen LogP contribution in [0.2, 0.25) is 0 Å². The maximum absolute atomic E-state index is 14.6. The van der Waals surface area contributed by atoms with Crippen LogP contribution >= 0.6 is 0 Å². The van der Waals surface area contributed by atoms with E-state index >= 15 is 0 Å². The molecular formula is C23H23F6NO. The third-order valence-electron chi connectivity index (χ3n) is 5.42. The smallest absolute Gasteiger partial charge is 0.322 e. The van der Waals surface area contributed by atoms with E-state index in [-0.39, 0.29) is 30.5 Å². The van der Waals surface area contributed by atoms with Gasteiger partial charge in [0.1, 0.15) is 11.6 Å². The molecule has 1 aromatic carbocycles. The minimum absolute atomic E-state index is 0.000554. The highest BCUT2D eigenvalue weighted by Crippen LogP contribution is 2.51. The van der Waals surface area contributed by atoms with Crippen LogP contribution in [0.5, 0.6) is 0 Å². The Bertz CT molecular complexity index is 944. The van der Waals surface area contributed by atoms with Crippen molar-refractivity contribution >= 4 is 11.6 Å². The van der Waals surface area contributed by atoms with E-state index in [1.165, 1.54) is 18.2 Å². The number of amides is 1. The van der Waals surface area contributed by atoms with Crippen molar-refractivity contribution in [2.75, 3.05) is 5.32 Å². The molecule has 0 saturated heterocycles. The van der Waals surface area contributed by atoms with Crippen LogP contribution in [0.15, 0.2) is 66.3 Å². The number of rotatable bonds is 6. The summed E-state index contributed by atoms with van der Waals surface area (Å²) in [5.74, 6) is -4.45. The van der Waals surface area contributed by atoms with Gasteiger partial charge in [0.2, 0.25) is 0 Å². The number of benzene rings is 1. The first-order chi connectivity index (χ1) is 14.4. The molecule has 0 spiro atoms. The van der Waals surface area contributed by atoms with Crippen molar-refractivity contribution in [3.63, 3.8) is 0 Å². The van der Waals surface area contributed by atoms with E-state index in [1.54, 1.807) is 13.0 Å². The van der Waals surface area contributed by atoms with Gasteiger partial charge in [0.25, 0.3) is 5.91 Å². The molecule has 8 heteroatoms. The van der Waals surface area contributed by atoms with Gasteiger partial charge in [-0.2, -0.15) is 13.2 Å². The van der Waals surface area contributed by atoms with E-state index in [0.29, 0.717) is 6.08 Å². The van der Waals surface area contributed by atoms with Crippen LogP contribution in [-0.4, -0.2) is 12.1 Å². The van der Waals surface area contributed by atoms with Crippen LogP contribution in [0.25, 0.3) is 0 Å². The molecule has 0 aliphatic heterocycles. The minimum Gasteiger partial charge on any atom is -0.322 e. The van der Waals surface area contributed by atoms with Crippen LogP contribution in [0.4, 0.5) is 32.0 Å². The van der Waals surface area contributed by atoms with Gasteiger partial charge in [-0.3, -0.25) is 4.79 Å². The van der Waals surface area contributed by atoms with E-state index in [9.17, 15) is 31.1 Å². The molecule has 0 heterocycles. The van der Waals surface area contributed by atoms with Gasteiger partial charge in [-0.05, 0) is 68.9 Å². The van der Waals surface area contributed by atoms with Crippen LogP contribution in [0.3, 0.4) is 0 Å². The van der Waals surface area contributed by atoms with E-state index in [2.05, 4.69) is 11.9 Å². The first-order valence-electron chi connectivity index (χ1n) is 9.60. The van der Waals surface area contributed by atoms with E-state index < -0.39 is 46.5 Å². The normalized spacial score (nSPS) is 22.4. The molecule has 1 aliphatic carbocycles. The molecule has 2 atom stereocenters. The fourth-order valence-electron chi connectivity index (χ4n) is 3.41. The van der Waals surface area contributed by atoms with Crippen molar-refractivity contribution in [3.8, 4) is 0 Å². The zero-order valence-corrected chi connectivity index (χ0v) is 17.1. The number of allylic oxidation sites excluding steroid dienone is 5. The van der Waals surface area contributed by atoms with Gasteiger partial charge < -0.3 is 5.32 Å². The lowest BCUT2D eigenvalue weighted by molar-refractivity contribution is -0.220. The number of halogens is 6. The number of nitrogens with one attached hydrogen (secondary N) is 1. The van der Waals surface area contributed by atoms with E-state index in [1.807, 2.05) is 0 Å². The van der Waals surface area contributed by atoms with Gasteiger partial charge in [0, 0.05) is 5.69 Å². The third kappa shape index (κ3) is 5.68. The summed E-state index contributed by atoms with van der Waals surface area (Å²) in [5, 5.41) is 2.29. The fourth-order valence-corrected chi connectivity index (χ4v) is 3.41. The van der Waals surface area contributed by atoms with Crippen molar-refractivity contribution in [2.24, 2.45) is 11.3 Å². The highest BCUT2D eigenvalue weighted by molar-refractivity contribution is 6.06. The Labute approximate surface area is 177 Å². The average Bonchev–Trinajstić information content (AvgIpc) is 2.68. The number of carbonyl (C=O) groups excluding carboxylic acids is 1. The standard InChI is InChI=1S/C23H23F6NO/c1-4-5-6-19(25)14(2)21(31)30-18-10-7-15(20(26)12-18)11-16-8-9-17(24)13-22(16,3)23(27,28)29/h4-7,10,12-13,16H,2,8-9,11H2,1,3H3,(H,30,31). The Balaban J connectivity index is 2.18. The molecule has 1 aromatic rings. The van der Waals surface area contributed by atoms with Crippen molar-refractivity contribution < 1.29 is 31.1 Å². The largest absolute Gasteiger partial charge is 0.397 e. The molecule has 1 aliphatic rings. The van der Waals surface area contributed by atoms with Gasteiger partial charge in [-0.15, -0.1) is 0 Å². The highest BCUT2D eigenvalue weighted by atomic mass is 19.4. The Hall–Kier alpha value is -2.77. The fraction of sp³-hybridized carbons (Fsp3) is 0.348. The molecular weight excluding hydrogens is 420 g/mol. The first kappa shape index (κ1) is 24.5. The molecule has 31 heavy (non-hydrogen) atoms. The van der Waals surface area contributed by atoms with Gasteiger partial charge in [0.15, 0.2) is 0 Å². The predicted octanol–water partition coefficient (Wildman–Crippen LogP) is 7.12. The molecule has 0 saturated carbocycles. The number of hydrogen-bond acceptors (Lipinski definition) is 1. The molecule has 2 unspecified atom stereocenters. The monoisotopic (exact) mass is 443 g/mol. The lowest BCUT2D eigenvalue weighted by Gasteiger charge is -2.39. The quantitative estimate of drug-likeness (QED) is 0.283. The SMILES string of the molecule is C=C(C(=O)Nc1ccc(CC2CCC(F)=CC2(C)C(F)(F)F)c(F)c1)C(F)=CC=CC.